The standard InChI is InChI=1S/C13H22N4O3/c1-10(2)9-16(7-8-20-4)13-11(17(18)19)5-6-12(14-3)15-13/h5-6,10H,7-9H2,1-4H3,(H,14,15). The Hall–Kier alpha value is -1.89. The Labute approximate surface area is 119 Å². The molecule has 7 nitrogen and oxygen atoms in total. The Morgan fingerprint density at radius 1 is 1.50 bits per heavy atom. The first kappa shape index (κ1) is 16.2. The zero-order valence-corrected chi connectivity index (χ0v) is 12.4. The van der Waals surface area contributed by atoms with Gasteiger partial charge in [0.05, 0.1) is 11.5 Å². The third kappa shape index (κ3) is 4.34. The van der Waals surface area contributed by atoms with Crippen LogP contribution in [0.15, 0.2) is 12.1 Å². The van der Waals surface area contributed by atoms with Crippen molar-refractivity contribution in [1.82, 2.24) is 4.98 Å². The van der Waals surface area contributed by atoms with E-state index in [0.29, 0.717) is 37.3 Å². The second kappa shape index (κ2) is 7.64. The third-order valence-electron chi connectivity index (χ3n) is 2.76. The average molecular weight is 282 g/mol. The molecule has 0 aromatic carbocycles. The second-order valence-electron chi connectivity index (χ2n) is 4.88. The van der Waals surface area contributed by atoms with Crippen LogP contribution >= 0.6 is 0 Å². The van der Waals surface area contributed by atoms with Crippen LogP contribution in [0.2, 0.25) is 0 Å². The molecule has 0 bridgehead atoms. The van der Waals surface area contributed by atoms with Gasteiger partial charge in [0.2, 0.25) is 5.82 Å². The highest BCUT2D eigenvalue weighted by atomic mass is 16.6. The van der Waals surface area contributed by atoms with Gasteiger partial charge in [0.25, 0.3) is 0 Å². The smallest absolute Gasteiger partial charge is 0.311 e. The number of hydrogen-bond acceptors (Lipinski definition) is 6. The highest BCUT2D eigenvalue weighted by Crippen LogP contribution is 2.28. The second-order valence-corrected chi connectivity index (χ2v) is 4.88. The molecule has 0 saturated heterocycles. The van der Waals surface area contributed by atoms with Crippen LogP contribution < -0.4 is 10.2 Å². The van der Waals surface area contributed by atoms with Gasteiger partial charge in [-0.1, -0.05) is 13.8 Å². The fourth-order valence-electron chi connectivity index (χ4n) is 1.88. The average Bonchev–Trinajstić information content (AvgIpc) is 2.42. The highest BCUT2D eigenvalue weighted by molar-refractivity contribution is 5.61. The minimum Gasteiger partial charge on any atom is -0.383 e. The summed E-state index contributed by atoms with van der Waals surface area (Å²) < 4.78 is 5.08. The molecule has 0 fully saturated rings. The number of nitrogens with zero attached hydrogens (tertiary/aromatic N) is 3. The van der Waals surface area contributed by atoms with Gasteiger partial charge in [-0.15, -0.1) is 0 Å². The van der Waals surface area contributed by atoms with Crippen LogP contribution in [0.25, 0.3) is 0 Å². The van der Waals surface area contributed by atoms with Gasteiger partial charge in [0.15, 0.2) is 0 Å². The molecule has 0 atom stereocenters. The van der Waals surface area contributed by atoms with Crippen molar-refractivity contribution >= 4 is 17.3 Å². The monoisotopic (exact) mass is 282 g/mol. The van der Waals surface area contributed by atoms with Gasteiger partial charge in [-0.25, -0.2) is 4.98 Å². The molecule has 0 aliphatic heterocycles. The Bertz CT molecular complexity index is 451. The molecule has 0 amide bonds. The molecular weight excluding hydrogens is 260 g/mol. The summed E-state index contributed by atoms with van der Waals surface area (Å²) in [6, 6.07) is 3.08. The number of nitrogens with one attached hydrogen (secondary N) is 1. The van der Waals surface area contributed by atoms with E-state index in [4.69, 9.17) is 4.74 Å². The Kier molecular flexibility index (Phi) is 6.17. The summed E-state index contributed by atoms with van der Waals surface area (Å²) in [5.41, 5.74) is 0.0146. The molecule has 0 unspecified atom stereocenters. The molecule has 1 rings (SSSR count). The number of pyridine rings is 1. The summed E-state index contributed by atoms with van der Waals surface area (Å²) in [6.07, 6.45) is 0. The van der Waals surface area contributed by atoms with Gasteiger partial charge >= 0.3 is 5.69 Å². The normalized spacial score (nSPS) is 10.7. The number of nitro groups is 1. The maximum atomic E-state index is 11.2. The summed E-state index contributed by atoms with van der Waals surface area (Å²) in [6.45, 7) is 5.87. The van der Waals surface area contributed by atoms with Crippen LogP contribution in [0.1, 0.15) is 13.8 Å². The highest BCUT2D eigenvalue weighted by Gasteiger charge is 2.22. The molecule has 0 aliphatic carbocycles. The fourth-order valence-corrected chi connectivity index (χ4v) is 1.88. The Balaban J connectivity index is 3.16. The van der Waals surface area contributed by atoms with E-state index in [1.807, 2.05) is 4.90 Å². The van der Waals surface area contributed by atoms with E-state index in [9.17, 15) is 10.1 Å². The van der Waals surface area contributed by atoms with Crippen LogP contribution in [-0.2, 0) is 4.74 Å². The number of aromatic nitrogens is 1. The van der Waals surface area contributed by atoms with Crippen molar-refractivity contribution in [3.05, 3.63) is 22.2 Å². The van der Waals surface area contributed by atoms with Gasteiger partial charge in [-0.05, 0) is 12.0 Å². The first-order valence-corrected chi connectivity index (χ1v) is 6.56. The molecule has 0 radical (unpaired) electrons. The maximum Gasteiger partial charge on any atom is 0.311 e. The number of hydrogen-bond donors (Lipinski definition) is 1. The van der Waals surface area contributed by atoms with E-state index in [1.165, 1.54) is 6.07 Å². The van der Waals surface area contributed by atoms with Crippen LogP contribution in [-0.4, -0.2) is 43.8 Å². The molecule has 1 heterocycles. The van der Waals surface area contributed by atoms with E-state index in [2.05, 4.69) is 24.1 Å². The van der Waals surface area contributed by atoms with Crippen molar-refractivity contribution in [3.63, 3.8) is 0 Å². The SMILES string of the molecule is CNc1ccc([N+](=O)[O-])c(N(CCOC)CC(C)C)n1. The lowest BCUT2D eigenvalue weighted by Crippen LogP contribution is -2.32. The third-order valence-corrected chi connectivity index (χ3v) is 2.76. The summed E-state index contributed by atoms with van der Waals surface area (Å²) >= 11 is 0. The number of ether oxygens (including phenoxy) is 1. The largest absolute Gasteiger partial charge is 0.383 e. The maximum absolute atomic E-state index is 11.2. The molecule has 1 aromatic heterocycles. The molecule has 0 saturated carbocycles. The molecule has 0 spiro atoms. The zero-order chi connectivity index (χ0) is 15.1. The summed E-state index contributed by atoms with van der Waals surface area (Å²) in [5, 5.41) is 14.1. The number of rotatable bonds is 8. The van der Waals surface area contributed by atoms with Gasteiger partial charge in [0.1, 0.15) is 5.82 Å². The van der Waals surface area contributed by atoms with E-state index in [0.717, 1.165) is 0 Å². The van der Waals surface area contributed by atoms with Crippen LogP contribution in [0.4, 0.5) is 17.3 Å². The predicted molar refractivity (Wildman–Crippen MR) is 79.4 cm³/mol. The summed E-state index contributed by atoms with van der Waals surface area (Å²) in [7, 11) is 3.35. The predicted octanol–water partition coefficient (Wildman–Crippen LogP) is 2.14. The fraction of sp³-hybridized carbons (Fsp3) is 0.615. The zero-order valence-electron chi connectivity index (χ0n) is 12.4. The molecule has 0 aliphatic rings. The van der Waals surface area contributed by atoms with Gasteiger partial charge in [-0.2, -0.15) is 0 Å². The van der Waals surface area contributed by atoms with Crippen LogP contribution in [0.3, 0.4) is 0 Å². The molecule has 20 heavy (non-hydrogen) atoms. The first-order valence-electron chi connectivity index (χ1n) is 6.56. The summed E-state index contributed by atoms with van der Waals surface area (Å²) in [5.74, 6) is 1.36. The van der Waals surface area contributed by atoms with E-state index in [1.54, 1.807) is 20.2 Å². The van der Waals surface area contributed by atoms with Crippen molar-refractivity contribution in [2.45, 2.75) is 13.8 Å². The Morgan fingerprint density at radius 2 is 2.20 bits per heavy atom. The lowest BCUT2D eigenvalue weighted by molar-refractivity contribution is -0.384. The van der Waals surface area contributed by atoms with Crippen molar-refractivity contribution in [1.29, 1.82) is 0 Å². The van der Waals surface area contributed by atoms with Crippen molar-refractivity contribution in [2.75, 3.05) is 44.1 Å². The first-order chi connectivity index (χ1) is 9.49. The molecule has 1 aromatic rings. The van der Waals surface area contributed by atoms with E-state index in [-0.39, 0.29) is 5.69 Å². The quantitative estimate of drug-likeness (QED) is 0.581. The molecule has 7 heteroatoms. The topological polar surface area (TPSA) is 80.5 Å². The Morgan fingerprint density at radius 3 is 2.70 bits per heavy atom. The number of anilines is 2. The number of methoxy groups -OCH3 is 1. The molecule has 112 valence electrons. The van der Waals surface area contributed by atoms with Crippen LogP contribution in [0, 0.1) is 16.0 Å². The summed E-state index contributed by atoms with van der Waals surface area (Å²) in [4.78, 5) is 17.0. The lowest BCUT2D eigenvalue weighted by Gasteiger charge is -2.25. The molecular formula is C13H22N4O3. The minimum absolute atomic E-state index is 0.0146. The van der Waals surface area contributed by atoms with Crippen LogP contribution in [0.5, 0.6) is 0 Å². The lowest BCUT2D eigenvalue weighted by atomic mass is 10.2. The van der Waals surface area contributed by atoms with Gasteiger partial charge < -0.3 is 15.0 Å². The van der Waals surface area contributed by atoms with E-state index >= 15 is 0 Å². The van der Waals surface area contributed by atoms with Gasteiger partial charge in [0, 0.05) is 33.3 Å². The van der Waals surface area contributed by atoms with Crippen molar-refractivity contribution < 1.29 is 9.66 Å². The minimum atomic E-state index is -0.401. The molecule has 1 N–H and O–H groups in total. The van der Waals surface area contributed by atoms with E-state index < -0.39 is 4.92 Å². The van der Waals surface area contributed by atoms with Gasteiger partial charge in [-0.3, -0.25) is 10.1 Å². The van der Waals surface area contributed by atoms with Crippen molar-refractivity contribution in [2.24, 2.45) is 5.92 Å². The van der Waals surface area contributed by atoms with Crippen molar-refractivity contribution in [3.8, 4) is 0 Å².